The fourth-order valence-corrected chi connectivity index (χ4v) is 3.28. The van der Waals surface area contributed by atoms with E-state index in [0.717, 1.165) is 24.3 Å². The summed E-state index contributed by atoms with van der Waals surface area (Å²) in [6, 6.07) is 5.25. The Balaban J connectivity index is 1.74. The molecule has 1 amide bonds. The highest BCUT2D eigenvalue weighted by atomic mass is 35.5. The Morgan fingerprint density at radius 3 is 3.04 bits per heavy atom. The summed E-state index contributed by atoms with van der Waals surface area (Å²) in [5.41, 5.74) is 2.69. The van der Waals surface area contributed by atoms with Crippen molar-refractivity contribution in [3.05, 3.63) is 46.7 Å². The van der Waals surface area contributed by atoms with Crippen molar-refractivity contribution in [2.24, 2.45) is 0 Å². The minimum atomic E-state index is -0.0975. The van der Waals surface area contributed by atoms with Gasteiger partial charge in [-0.15, -0.1) is 0 Å². The highest BCUT2D eigenvalue weighted by Gasteiger charge is 2.28. The van der Waals surface area contributed by atoms with E-state index in [2.05, 4.69) is 27.4 Å². The van der Waals surface area contributed by atoms with Crippen molar-refractivity contribution < 1.29 is 9.32 Å². The van der Waals surface area contributed by atoms with Crippen LogP contribution in [0.4, 0.5) is 0 Å². The maximum absolute atomic E-state index is 12.7. The second-order valence-electron chi connectivity index (χ2n) is 6.42. The van der Waals surface area contributed by atoms with E-state index in [4.69, 9.17) is 16.1 Å². The summed E-state index contributed by atoms with van der Waals surface area (Å²) in [6.45, 7) is 3.86. The number of amides is 1. The second kappa shape index (κ2) is 7.13. The average molecular weight is 387 g/mol. The summed E-state index contributed by atoms with van der Waals surface area (Å²) < 4.78 is 7.20. The molecular formula is C18H19ClN6O2. The van der Waals surface area contributed by atoms with Crippen LogP contribution in [0.15, 0.2) is 29.0 Å². The third kappa shape index (κ3) is 3.22. The van der Waals surface area contributed by atoms with Gasteiger partial charge >= 0.3 is 0 Å². The summed E-state index contributed by atoms with van der Waals surface area (Å²) in [5, 5.41) is 7.81. The molecule has 1 N–H and O–H groups in total. The van der Waals surface area contributed by atoms with Crippen LogP contribution in [0.3, 0.4) is 0 Å². The number of nitrogens with zero attached hydrogens (tertiary/aromatic N) is 5. The van der Waals surface area contributed by atoms with E-state index in [-0.39, 0.29) is 5.91 Å². The summed E-state index contributed by atoms with van der Waals surface area (Å²) in [5.74, 6) is 0.820. The maximum Gasteiger partial charge on any atom is 0.256 e. The van der Waals surface area contributed by atoms with Crippen molar-refractivity contribution in [3.8, 4) is 17.2 Å². The molecule has 0 saturated carbocycles. The monoisotopic (exact) mass is 386 g/mol. The Morgan fingerprint density at radius 1 is 1.37 bits per heavy atom. The first-order valence-corrected chi connectivity index (χ1v) is 9.11. The molecule has 2 aromatic heterocycles. The zero-order chi connectivity index (χ0) is 19.0. The summed E-state index contributed by atoms with van der Waals surface area (Å²) in [4.78, 5) is 23.3. The number of rotatable bonds is 5. The minimum Gasteiger partial charge on any atom is -0.337 e. The molecule has 3 aromatic rings. The predicted octanol–water partition coefficient (Wildman–Crippen LogP) is 2.66. The van der Waals surface area contributed by atoms with Crippen LogP contribution in [-0.2, 0) is 13.1 Å². The first-order valence-electron chi connectivity index (χ1n) is 8.73. The number of carbonyl (C=O) groups is 1. The van der Waals surface area contributed by atoms with Gasteiger partial charge in [0.2, 0.25) is 11.7 Å². The van der Waals surface area contributed by atoms with Crippen LogP contribution in [0.1, 0.15) is 35.3 Å². The molecule has 140 valence electrons. The average Bonchev–Trinajstić information content (AvgIpc) is 3.26. The normalized spacial score (nSPS) is 13.4. The highest BCUT2D eigenvalue weighted by molar-refractivity contribution is 6.31. The molecule has 1 aromatic carbocycles. The molecule has 0 saturated heterocycles. The van der Waals surface area contributed by atoms with Crippen LogP contribution in [-0.4, -0.2) is 44.1 Å². The number of hydrogen-bond acceptors (Lipinski definition) is 6. The molecule has 9 heteroatoms. The van der Waals surface area contributed by atoms with Gasteiger partial charge in [-0.1, -0.05) is 23.7 Å². The van der Waals surface area contributed by atoms with E-state index in [1.54, 1.807) is 30.4 Å². The van der Waals surface area contributed by atoms with Crippen LogP contribution >= 0.6 is 11.6 Å². The number of nitrogens with one attached hydrogen (secondary N) is 1. The van der Waals surface area contributed by atoms with Gasteiger partial charge in [0.15, 0.2) is 0 Å². The molecule has 0 spiro atoms. The minimum absolute atomic E-state index is 0.0975. The topological polar surface area (TPSA) is 89.1 Å². The lowest BCUT2D eigenvalue weighted by Gasteiger charge is -2.14. The van der Waals surface area contributed by atoms with E-state index in [0.29, 0.717) is 41.1 Å². The molecule has 0 bridgehead atoms. The van der Waals surface area contributed by atoms with Gasteiger partial charge in [-0.3, -0.25) is 9.36 Å². The SMILES string of the molecule is CCCNCc1nc(-c2ncn3c2CN(C)C(=O)c2cc(Cl)ccc2-3)no1. The Bertz CT molecular complexity index is 996. The van der Waals surface area contributed by atoms with Crippen molar-refractivity contribution in [3.63, 3.8) is 0 Å². The molecule has 8 nitrogen and oxygen atoms in total. The lowest BCUT2D eigenvalue weighted by Crippen LogP contribution is -2.25. The number of imidazole rings is 1. The number of fused-ring (bicyclic) bond motifs is 3. The Morgan fingerprint density at radius 2 is 2.22 bits per heavy atom. The van der Waals surface area contributed by atoms with E-state index < -0.39 is 0 Å². The second-order valence-corrected chi connectivity index (χ2v) is 6.86. The fourth-order valence-electron chi connectivity index (χ4n) is 3.11. The molecule has 0 atom stereocenters. The van der Waals surface area contributed by atoms with Crippen LogP contribution in [0.2, 0.25) is 5.02 Å². The van der Waals surface area contributed by atoms with Gasteiger partial charge in [0.25, 0.3) is 5.91 Å². The summed E-state index contributed by atoms with van der Waals surface area (Å²) in [6.07, 6.45) is 2.70. The Hall–Kier alpha value is -2.71. The quantitative estimate of drug-likeness (QED) is 0.678. The van der Waals surface area contributed by atoms with Crippen molar-refractivity contribution >= 4 is 17.5 Å². The van der Waals surface area contributed by atoms with Gasteiger partial charge in [-0.25, -0.2) is 4.98 Å². The smallest absolute Gasteiger partial charge is 0.256 e. The first-order chi connectivity index (χ1) is 13.1. The van der Waals surface area contributed by atoms with Crippen LogP contribution in [0.5, 0.6) is 0 Å². The van der Waals surface area contributed by atoms with E-state index in [1.807, 2.05) is 10.6 Å². The van der Waals surface area contributed by atoms with E-state index in [9.17, 15) is 4.79 Å². The molecular weight excluding hydrogens is 368 g/mol. The summed E-state index contributed by atoms with van der Waals surface area (Å²) in [7, 11) is 1.75. The third-order valence-electron chi connectivity index (χ3n) is 4.43. The van der Waals surface area contributed by atoms with Gasteiger partial charge in [0.1, 0.15) is 12.0 Å². The molecule has 0 aliphatic carbocycles. The van der Waals surface area contributed by atoms with Gasteiger partial charge in [0.05, 0.1) is 30.0 Å². The maximum atomic E-state index is 12.7. The zero-order valence-corrected chi connectivity index (χ0v) is 15.8. The number of benzene rings is 1. The van der Waals surface area contributed by atoms with Crippen LogP contribution < -0.4 is 5.32 Å². The lowest BCUT2D eigenvalue weighted by molar-refractivity contribution is 0.0788. The predicted molar refractivity (Wildman–Crippen MR) is 99.7 cm³/mol. The van der Waals surface area contributed by atoms with Gasteiger partial charge in [-0.05, 0) is 31.2 Å². The Kier molecular flexibility index (Phi) is 4.67. The van der Waals surface area contributed by atoms with Crippen molar-refractivity contribution in [1.29, 1.82) is 0 Å². The van der Waals surface area contributed by atoms with E-state index >= 15 is 0 Å². The molecule has 0 fully saturated rings. The number of carbonyl (C=O) groups excluding carboxylic acids is 1. The zero-order valence-electron chi connectivity index (χ0n) is 15.1. The largest absolute Gasteiger partial charge is 0.337 e. The molecule has 27 heavy (non-hydrogen) atoms. The van der Waals surface area contributed by atoms with Crippen molar-refractivity contribution in [2.75, 3.05) is 13.6 Å². The Labute approximate surface area is 161 Å². The molecule has 4 rings (SSSR count). The van der Waals surface area contributed by atoms with Gasteiger partial charge in [-0.2, -0.15) is 4.98 Å². The highest BCUT2D eigenvalue weighted by Crippen LogP contribution is 2.30. The van der Waals surface area contributed by atoms with Crippen molar-refractivity contribution in [2.45, 2.75) is 26.4 Å². The number of hydrogen-bond donors (Lipinski definition) is 1. The third-order valence-corrected chi connectivity index (χ3v) is 4.67. The van der Waals surface area contributed by atoms with Crippen LogP contribution in [0, 0.1) is 0 Å². The molecule has 1 aliphatic rings. The van der Waals surface area contributed by atoms with Crippen LogP contribution in [0.25, 0.3) is 17.2 Å². The number of aromatic nitrogens is 4. The molecule has 1 aliphatic heterocycles. The number of halogens is 1. The van der Waals surface area contributed by atoms with E-state index in [1.165, 1.54) is 0 Å². The fraction of sp³-hybridized carbons (Fsp3) is 0.333. The molecule has 0 radical (unpaired) electrons. The van der Waals surface area contributed by atoms with Gasteiger partial charge in [0, 0.05) is 12.1 Å². The standard InChI is InChI=1S/C18H19ClN6O2/c1-3-6-20-8-15-22-17(23-27-15)16-14-9-24(2)18(26)12-7-11(19)4-5-13(12)25(14)10-21-16/h4-5,7,10,20H,3,6,8-9H2,1-2H3. The van der Waals surface area contributed by atoms with Gasteiger partial charge < -0.3 is 14.7 Å². The summed E-state index contributed by atoms with van der Waals surface area (Å²) >= 11 is 6.09. The molecule has 0 unspecified atom stereocenters. The lowest BCUT2D eigenvalue weighted by atomic mass is 10.1. The van der Waals surface area contributed by atoms with Crippen molar-refractivity contribution in [1.82, 2.24) is 29.9 Å². The molecule has 3 heterocycles. The first kappa shape index (κ1) is 17.7.